The van der Waals surface area contributed by atoms with Crippen molar-refractivity contribution in [2.45, 2.75) is 17.4 Å². The monoisotopic (exact) mass is 414 g/mol. The number of aromatic nitrogens is 4. The van der Waals surface area contributed by atoms with Crippen LogP contribution < -0.4 is 10.9 Å². The molecule has 3 rings (SSSR count). The van der Waals surface area contributed by atoms with Crippen molar-refractivity contribution >= 4 is 34.1 Å². The first-order valence-corrected chi connectivity index (χ1v) is 8.75. The number of aryl methyl sites for hydroxylation is 2. The number of hydrogen-bond acceptors (Lipinski definition) is 5. The van der Waals surface area contributed by atoms with Crippen molar-refractivity contribution < 1.29 is 0 Å². The SMILES string of the molecule is Cn1nc(Nc2cc(CI)nn(C)c2=O)cc1CN1CCC1. The molecule has 0 radical (unpaired) electrons. The van der Waals surface area contributed by atoms with E-state index in [2.05, 4.69) is 43.0 Å². The molecule has 0 unspecified atom stereocenters. The van der Waals surface area contributed by atoms with Crippen LogP contribution in [0.2, 0.25) is 0 Å². The highest BCUT2D eigenvalue weighted by Crippen LogP contribution is 2.18. The van der Waals surface area contributed by atoms with Crippen LogP contribution in [-0.4, -0.2) is 37.6 Å². The predicted molar refractivity (Wildman–Crippen MR) is 93.6 cm³/mol. The third-order valence-corrected chi connectivity index (χ3v) is 4.61. The molecule has 0 atom stereocenters. The number of rotatable bonds is 5. The zero-order valence-corrected chi connectivity index (χ0v) is 14.9. The summed E-state index contributed by atoms with van der Waals surface area (Å²) in [6, 6.07) is 3.79. The molecule has 1 N–H and O–H groups in total. The van der Waals surface area contributed by atoms with Crippen LogP contribution in [0.5, 0.6) is 0 Å². The number of nitrogens with one attached hydrogen (secondary N) is 1. The van der Waals surface area contributed by atoms with Gasteiger partial charge >= 0.3 is 0 Å². The normalized spacial score (nSPS) is 14.9. The maximum Gasteiger partial charge on any atom is 0.290 e. The van der Waals surface area contributed by atoms with Crippen molar-refractivity contribution in [1.82, 2.24) is 24.5 Å². The molecule has 1 saturated heterocycles. The molecule has 8 heteroatoms. The number of alkyl halides is 1. The van der Waals surface area contributed by atoms with Gasteiger partial charge < -0.3 is 5.32 Å². The van der Waals surface area contributed by atoms with Crippen LogP contribution in [0.4, 0.5) is 11.5 Å². The summed E-state index contributed by atoms with van der Waals surface area (Å²) in [6.45, 7) is 3.20. The third kappa shape index (κ3) is 3.17. The van der Waals surface area contributed by atoms with E-state index in [1.54, 1.807) is 13.1 Å². The minimum Gasteiger partial charge on any atom is -0.334 e. The molecule has 2 aromatic heterocycles. The number of hydrogen-bond donors (Lipinski definition) is 1. The fourth-order valence-corrected chi connectivity index (χ4v) is 2.82. The predicted octanol–water partition coefficient (Wildman–Crippen LogP) is 1.40. The van der Waals surface area contributed by atoms with Gasteiger partial charge in [0.05, 0.1) is 11.4 Å². The van der Waals surface area contributed by atoms with Gasteiger partial charge in [0.2, 0.25) is 0 Å². The molecule has 0 bridgehead atoms. The smallest absolute Gasteiger partial charge is 0.290 e. The van der Waals surface area contributed by atoms with Gasteiger partial charge in [-0.1, -0.05) is 22.6 Å². The third-order valence-electron chi connectivity index (χ3n) is 3.82. The summed E-state index contributed by atoms with van der Waals surface area (Å²) in [5, 5.41) is 11.8. The van der Waals surface area contributed by atoms with Gasteiger partial charge in [0, 0.05) is 31.1 Å². The van der Waals surface area contributed by atoms with Crippen molar-refractivity contribution in [3.05, 3.63) is 33.9 Å². The van der Waals surface area contributed by atoms with Gasteiger partial charge in [0.1, 0.15) is 5.69 Å². The van der Waals surface area contributed by atoms with E-state index in [1.807, 2.05) is 17.8 Å². The summed E-state index contributed by atoms with van der Waals surface area (Å²) in [7, 11) is 3.60. The molecule has 2 aromatic rings. The van der Waals surface area contributed by atoms with Gasteiger partial charge in [-0.2, -0.15) is 10.2 Å². The van der Waals surface area contributed by atoms with Gasteiger partial charge in [0.15, 0.2) is 5.82 Å². The average Bonchev–Trinajstić information content (AvgIpc) is 2.79. The lowest BCUT2D eigenvalue weighted by Gasteiger charge is -2.30. The van der Waals surface area contributed by atoms with Crippen LogP contribution in [0.3, 0.4) is 0 Å². The zero-order valence-electron chi connectivity index (χ0n) is 12.7. The Bertz CT molecular complexity index is 733. The molecule has 3 heterocycles. The van der Waals surface area contributed by atoms with E-state index >= 15 is 0 Å². The second kappa shape index (κ2) is 6.37. The molecule has 0 amide bonds. The summed E-state index contributed by atoms with van der Waals surface area (Å²) < 4.78 is 3.98. The number of anilines is 2. The number of halogens is 1. The summed E-state index contributed by atoms with van der Waals surface area (Å²) in [4.78, 5) is 14.5. The zero-order chi connectivity index (χ0) is 15.7. The highest BCUT2D eigenvalue weighted by atomic mass is 127. The largest absolute Gasteiger partial charge is 0.334 e. The minimum atomic E-state index is -0.149. The van der Waals surface area contributed by atoms with Crippen LogP contribution in [-0.2, 0) is 25.1 Å². The lowest BCUT2D eigenvalue weighted by molar-refractivity contribution is 0.168. The Morgan fingerprint density at radius 2 is 2.00 bits per heavy atom. The van der Waals surface area contributed by atoms with Gasteiger partial charge in [-0.3, -0.25) is 14.4 Å². The standard InChI is InChI=1S/C14H19IN6O/c1-19-11(9-21-4-3-5-21)7-13(18-19)16-12-6-10(8-15)17-20(2)14(12)22/h6-7H,3-5,8-9H2,1-2H3,(H,16,18). The second-order valence-corrected chi connectivity index (χ2v) is 6.27. The van der Waals surface area contributed by atoms with E-state index in [1.165, 1.54) is 11.1 Å². The molecule has 1 fully saturated rings. The number of nitrogens with zero attached hydrogens (tertiary/aromatic N) is 5. The van der Waals surface area contributed by atoms with Gasteiger partial charge in [-0.15, -0.1) is 0 Å². The Balaban J connectivity index is 1.82. The number of likely N-dealkylation sites (tertiary alicyclic amines) is 1. The fourth-order valence-electron chi connectivity index (χ4n) is 2.45. The first-order valence-electron chi connectivity index (χ1n) is 7.22. The van der Waals surface area contributed by atoms with Crippen LogP contribution >= 0.6 is 22.6 Å². The Morgan fingerprint density at radius 1 is 1.23 bits per heavy atom. The summed E-state index contributed by atoms with van der Waals surface area (Å²) >= 11 is 2.23. The van der Waals surface area contributed by atoms with Crippen molar-refractivity contribution in [1.29, 1.82) is 0 Å². The molecule has 0 spiro atoms. The van der Waals surface area contributed by atoms with E-state index in [0.29, 0.717) is 11.5 Å². The molecular formula is C14H19IN6O. The molecule has 118 valence electrons. The molecule has 1 aliphatic heterocycles. The topological polar surface area (TPSA) is 68.0 Å². The maximum atomic E-state index is 12.2. The maximum absolute atomic E-state index is 12.2. The highest BCUT2D eigenvalue weighted by molar-refractivity contribution is 14.1. The van der Waals surface area contributed by atoms with E-state index in [-0.39, 0.29) is 5.56 Å². The van der Waals surface area contributed by atoms with Crippen LogP contribution in [0.1, 0.15) is 17.8 Å². The lowest BCUT2D eigenvalue weighted by atomic mass is 10.2. The van der Waals surface area contributed by atoms with E-state index in [9.17, 15) is 4.79 Å². The van der Waals surface area contributed by atoms with Gasteiger partial charge in [0.25, 0.3) is 5.56 Å². The summed E-state index contributed by atoms with van der Waals surface area (Å²) in [6.07, 6.45) is 1.27. The quantitative estimate of drug-likeness (QED) is 0.592. The van der Waals surface area contributed by atoms with Crippen molar-refractivity contribution in [2.24, 2.45) is 14.1 Å². The van der Waals surface area contributed by atoms with E-state index in [4.69, 9.17) is 0 Å². The first-order chi connectivity index (χ1) is 10.6. The van der Waals surface area contributed by atoms with Crippen LogP contribution in [0.25, 0.3) is 0 Å². The van der Waals surface area contributed by atoms with Gasteiger partial charge in [-0.25, -0.2) is 4.68 Å². The molecule has 1 aliphatic rings. The Morgan fingerprint density at radius 3 is 2.64 bits per heavy atom. The summed E-state index contributed by atoms with van der Waals surface area (Å²) in [5.74, 6) is 0.695. The average molecular weight is 414 g/mol. The summed E-state index contributed by atoms with van der Waals surface area (Å²) in [5.41, 5.74) is 2.37. The van der Waals surface area contributed by atoms with Crippen molar-refractivity contribution in [3.63, 3.8) is 0 Å². The van der Waals surface area contributed by atoms with Crippen LogP contribution in [0, 0.1) is 0 Å². The lowest BCUT2D eigenvalue weighted by Crippen LogP contribution is -2.36. The molecule has 0 saturated carbocycles. The molecular weight excluding hydrogens is 395 g/mol. The first kappa shape index (κ1) is 15.5. The second-order valence-electron chi connectivity index (χ2n) is 5.51. The molecule has 0 aliphatic carbocycles. The molecule has 0 aromatic carbocycles. The Hall–Kier alpha value is -1.42. The van der Waals surface area contributed by atoms with Crippen molar-refractivity contribution in [2.75, 3.05) is 18.4 Å². The fraction of sp³-hybridized carbons (Fsp3) is 0.500. The van der Waals surface area contributed by atoms with E-state index < -0.39 is 0 Å². The molecule has 22 heavy (non-hydrogen) atoms. The van der Waals surface area contributed by atoms with Crippen molar-refractivity contribution in [3.8, 4) is 0 Å². The van der Waals surface area contributed by atoms with Crippen LogP contribution in [0.15, 0.2) is 16.9 Å². The Labute approximate surface area is 142 Å². The Kier molecular flexibility index (Phi) is 4.48. The van der Waals surface area contributed by atoms with Gasteiger partial charge in [-0.05, 0) is 25.6 Å². The van der Waals surface area contributed by atoms with E-state index in [0.717, 1.165) is 35.4 Å². The molecule has 7 nitrogen and oxygen atoms in total. The minimum absolute atomic E-state index is 0.149. The highest BCUT2D eigenvalue weighted by Gasteiger charge is 2.17.